The average Bonchev–Trinajstić information content (AvgIpc) is 2.73. The Hall–Kier alpha value is -2.28. The second-order valence-corrected chi connectivity index (χ2v) is 7.94. The van der Waals surface area contributed by atoms with Gasteiger partial charge in [-0.25, -0.2) is 4.79 Å². The zero-order chi connectivity index (χ0) is 20.6. The second-order valence-electron chi connectivity index (χ2n) is 7.94. The van der Waals surface area contributed by atoms with E-state index in [0.717, 1.165) is 19.3 Å². The van der Waals surface area contributed by atoms with E-state index in [-0.39, 0.29) is 11.9 Å². The van der Waals surface area contributed by atoms with E-state index in [2.05, 4.69) is 17.6 Å². The number of carbonyl (C=O) groups excluding carboxylic acids is 2. The number of methoxy groups -OCH3 is 1. The fourth-order valence-electron chi connectivity index (χ4n) is 4.12. The normalized spacial score (nSPS) is 22.3. The summed E-state index contributed by atoms with van der Waals surface area (Å²) in [5.41, 5.74) is 1.32. The Bertz CT molecular complexity index is 709. The Morgan fingerprint density at radius 1 is 1.21 bits per heavy atom. The molecule has 2 N–H and O–H groups in total. The van der Waals surface area contributed by atoms with Gasteiger partial charge in [-0.3, -0.25) is 4.79 Å². The number of hydrogen-bond acceptors (Lipinski definition) is 4. The van der Waals surface area contributed by atoms with E-state index in [1.165, 1.54) is 19.3 Å². The van der Waals surface area contributed by atoms with Crippen molar-refractivity contribution in [3.05, 3.63) is 18.2 Å². The van der Waals surface area contributed by atoms with E-state index in [4.69, 9.17) is 9.47 Å². The zero-order valence-electron chi connectivity index (χ0n) is 17.5. The molecule has 7 nitrogen and oxygen atoms in total. The van der Waals surface area contributed by atoms with E-state index < -0.39 is 0 Å². The molecule has 29 heavy (non-hydrogen) atoms. The van der Waals surface area contributed by atoms with Crippen molar-refractivity contribution in [2.45, 2.75) is 58.0 Å². The van der Waals surface area contributed by atoms with Crippen molar-refractivity contribution in [1.82, 2.24) is 5.32 Å². The lowest BCUT2D eigenvalue weighted by Gasteiger charge is -2.29. The van der Waals surface area contributed by atoms with Crippen LogP contribution in [0.3, 0.4) is 0 Å². The molecule has 1 aromatic carbocycles. The molecule has 2 fully saturated rings. The van der Waals surface area contributed by atoms with Crippen LogP contribution in [-0.2, 0) is 9.53 Å². The summed E-state index contributed by atoms with van der Waals surface area (Å²) in [4.78, 5) is 26.3. The third-order valence-electron chi connectivity index (χ3n) is 5.80. The van der Waals surface area contributed by atoms with Crippen molar-refractivity contribution < 1.29 is 19.1 Å². The van der Waals surface area contributed by atoms with Gasteiger partial charge in [-0.2, -0.15) is 0 Å². The van der Waals surface area contributed by atoms with Crippen molar-refractivity contribution >= 4 is 23.3 Å². The molecule has 1 aliphatic heterocycles. The van der Waals surface area contributed by atoms with Crippen LogP contribution in [0.5, 0.6) is 5.75 Å². The largest absolute Gasteiger partial charge is 0.495 e. The second kappa shape index (κ2) is 10.5. The first-order valence-corrected chi connectivity index (χ1v) is 10.7. The highest BCUT2D eigenvalue weighted by Gasteiger charge is 2.23. The number of piperidine rings is 1. The molecule has 3 amide bonds. The first-order chi connectivity index (χ1) is 14.1. The minimum atomic E-state index is -0.286. The highest BCUT2D eigenvalue weighted by atomic mass is 16.5. The fraction of sp³-hybridized carbons (Fsp3) is 0.636. The van der Waals surface area contributed by atoms with E-state index in [0.29, 0.717) is 55.3 Å². The Morgan fingerprint density at radius 2 is 2.03 bits per heavy atom. The van der Waals surface area contributed by atoms with Crippen LogP contribution in [0, 0.1) is 5.92 Å². The molecule has 0 aromatic heterocycles. The molecule has 1 saturated carbocycles. The quantitative estimate of drug-likeness (QED) is 0.676. The van der Waals surface area contributed by atoms with Crippen molar-refractivity contribution in [1.29, 1.82) is 0 Å². The maximum absolute atomic E-state index is 12.3. The summed E-state index contributed by atoms with van der Waals surface area (Å²) < 4.78 is 11.3. The summed E-state index contributed by atoms with van der Waals surface area (Å²) in [6.07, 6.45) is 7.57. The molecule has 2 aliphatic rings. The third kappa shape index (κ3) is 5.85. The Morgan fingerprint density at radius 3 is 2.79 bits per heavy atom. The van der Waals surface area contributed by atoms with Crippen molar-refractivity contribution in [2.75, 3.05) is 37.0 Å². The molecule has 0 radical (unpaired) electrons. The van der Waals surface area contributed by atoms with Crippen LogP contribution in [0.15, 0.2) is 18.2 Å². The molecule has 1 saturated heterocycles. The Kier molecular flexibility index (Phi) is 7.75. The number of benzene rings is 1. The van der Waals surface area contributed by atoms with Gasteiger partial charge < -0.3 is 25.0 Å². The summed E-state index contributed by atoms with van der Waals surface area (Å²) in [7, 11) is 1.58. The van der Waals surface area contributed by atoms with E-state index in [1.807, 2.05) is 0 Å². The Balaban J connectivity index is 1.50. The highest BCUT2D eigenvalue weighted by molar-refractivity contribution is 5.97. The van der Waals surface area contributed by atoms with Gasteiger partial charge in [0.2, 0.25) is 5.91 Å². The van der Waals surface area contributed by atoms with E-state index in [9.17, 15) is 9.59 Å². The number of nitrogens with zero attached hydrogens (tertiary/aromatic N) is 1. The van der Waals surface area contributed by atoms with Crippen LogP contribution >= 0.6 is 0 Å². The van der Waals surface area contributed by atoms with Gasteiger partial charge in [0.25, 0.3) is 0 Å². The number of urea groups is 1. The van der Waals surface area contributed by atoms with Gasteiger partial charge >= 0.3 is 6.03 Å². The van der Waals surface area contributed by atoms with Gasteiger partial charge in [-0.1, -0.05) is 19.8 Å². The minimum absolute atomic E-state index is 0.0882. The molecule has 160 valence electrons. The topological polar surface area (TPSA) is 79.9 Å². The maximum Gasteiger partial charge on any atom is 0.319 e. The molecule has 0 unspecified atom stereocenters. The molecule has 7 heteroatoms. The van der Waals surface area contributed by atoms with Crippen molar-refractivity contribution in [3.8, 4) is 5.75 Å². The lowest BCUT2D eigenvalue weighted by Crippen LogP contribution is -2.36. The lowest BCUT2D eigenvalue weighted by molar-refractivity contribution is -0.119. The molecule has 1 aliphatic carbocycles. The van der Waals surface area contributed by atoms with Crippen LogP contribution in [0.4, 0.5) is 16.2 Å². The van der Waals surface area contributed by atoms with Crippen LogP contribution in [0.25, 0.3) is 0 Å². The van der Waals surface area contributed by atoms with Crippen molar-refractivity contribution in [3.63, 3.8) is 0 Å². The summed E-state index contributed by atoms with van der Waals surface area (Å²) >= 11 is 0. The highest BCUT2D eigenvalue weighted by Crippen LogP contribution is 2.33. The third-order valence-corrected chi connectivity index (χ3v) is 5.80. The van der Waals surface area contributed by atoms with Gasteiger partial charge in [-0.05, 0) is 49.8 Å². The number of ether oxygens (including phenoxy) is 2. The van der Waals surface area contributed by atoms with Crippen LogP contribution in [0.2, 0.25) is 0 Å². The fourth-order valence-corrected chi connectivity index (χ4v) is 4.12. The summed E-state index contributed by atoms with van der Waals surface area (Å²) in [6.45, 7) is 3.88. The number of amides is 3. The Labute approximate surface area is 173 Å². The van der Waals surface area contributed by atoms with Gasteiger partial charge in [0.05, 0.1) is 25.5 Å². The van der Waals surface area contributed by atoms with E-state index >= 15 is 0 Å². The van der Waals surface area contributed by atoms with Gasteiger partial charge in [0, 0.05) is 25.2 Å². The van der Waals surface area contributed by atoms with Crippen LogP contribution < -0.4 is 20.3 Å². The van der Waals surface area contributed by atoms with E-state index in [1.54, 1.807) is 30.2 Å². The predicted octanol–water partition coefficient (Wildman–Crippen LogP) is 3.93. The molecule has 2 atom stereocenters. The van der Waals surface area contributed by atoms with Gasteiger partial charge in [0.1, 0.15) is 5.75 Å². The smallest absolute Gasteiger partial charge is 0.319 e. The first kappa shape index (κ1) is 21.4. The summed E-state index contributed by atoms with van der Waals surface area (Å²) in [6, 6.07) is 5.06. The molecule has 3 rings (SSSR count). The molecule has 0 bridgehead atoms. The average molecular weight is 404 g/mol. The number of nitrogens with one attached hydrogen (secondary N) is 2. The SMILES string of the molecule is COc1ccc(NC(=O)NCCO[C@H]2CCCC[C@H]2C)cc1N1CCCCC1=O. The van der Waals surface area contributed by atoms with Crippen molar-refractivity contribution in [2.24, 2.45) is 5.92 Å². The predicted molar refractivity (Wildman–Crippen MR) is 114 cm³/mol. The number of rotatable bonds is 7. The number of carbonyl (C=O) groups is 2. The molecule has 1 aromatic rings. The standard InChI is InChI=1S/C22H33N3O4/c1-16-7-3-4-8-19(16)29-14-12-23-22(27)24-17-10-11-20(28-2)18(15-17)25-13-6-5-9-21(25)26/h10-11,15-16,19H,3-9,12-14H2,1-2H3,(H2,23,24,27)/t16-,19+/m1/s1. The summed E-state index contributed by atoms with van der Waals surface area (Å²) in [5, 5.41) is 5.67. The monoisotopic (exact) mass is 403 g/mol. The lowest BCUT2D eigenvalue weighted by atomic mass is 9.88. The first-order valence-electron chi connectivity index (χ1n) is 10.7. The summed E-state index contributed by atoms with van der Waals surface area (Å²) in [5.74, 6) is 1.30. The number of hydrogen-bond donors (Lipinski definition) is 2. The number of anilines is 2. The van der Waals surface area contributed by atoms with Crippen LogP contribution in [-0.4, -0.2) is 44.8 Å². The molecular weight excluding hydrogens is 370 g/mol. The van der Waals surface area contributed by atoms with Gasteiger partial charge in [-0.15, -0.1) is 0 Å². The minimum Gasteiger partial charge on any atom is -0.495 e. The molecule has 0 spiro atoms. The molecule has 1 heterocycles. The van der Waals surface area contributed by atoms with Crippen LogP contribution in [0.1, 0.15) is 51.9 Å². The van der Waals surface area contributed by atoms with Gasteiger partial charge in [0.15, 0.2) is 0 Å². The molecular formula is C22H33N3O4. The zero-order valence-corrected chi connectivity index (χ0v) is 17.5. The maximum atomic E-state index is 12.3.